The zero-order valence-electron chi connectivity index (χ0n) is 12.0. The summed E-state index contributed by atoms with van der Waals surface area (Å²) in [7, 11) is 0. The van der Waals surface area contributed by atoms with Gasteiger partial charge in [0.25, 0.3) is 0 Å². The van der Waals surface area contributed by atoms with Crippen molar-refractivity contribution in [3.05, 3.63) is 46.8 Å². The Kier molecular flexibility index (Phi) is 4.39. The summed E-state index contributed by atoms with van der Waals surface area (Å²) >= 11 is 3.46. The monoisotopic (exact) mass is 347 g/mol. The molecule has 5 heteroatoms. The molecular formula is C16H18BrN3O. The van der Waals surface area contributed by atoms with Crippen LogP contribution in [0.25, 0.3) is 0 Å². The van der Waals surface area contributed by atoms with Crippen molar-refractivity contribution in [3.8, 4) is 5.75 Å². The summed E-state index contributed by atoms with van der Waals surface area (Å²) in [6, 6.07) is 5.91. The Morgan fingerprint density at radius 1 is 1.38 bits per heavy atom. The van der Waals surface area contributed by atoms with E-state index in [2.05, 4.69) is 43.8 Å². The number of rotatable bonds is 4. The van der Waals surface area contributed by atoms with Crippen LogP contribution >= 0.6 is 15.9 Å². The second-order valence-electron chi connectivity index (χ2n) is 5.39. The van der Waals surface area contributed by atoms with Gasteiger partial charge in [-0.15, -0.1) is 0 Å². The van der Waals surface area contributed by atoms with Gasteiger partial charge in [0.05, 0.1) is 6.61 Å². The lowest BCUT2D eigenvalue weighted by Crippen LogP contribution is -2.23. The highest BCUT2D eigenvalue weighted by Gasteiger charge is 2.25. The average molecular weight is 348 g/mol. The molecule has 2 aromatic heterocycles. The lowest BCUT2D eigenvalue weighted by atomic mass is 10.1. The van der Waals surface area contributed by atoms with Crippen molar-refractivity contribution in [2.45, 2.75) is 13.3 Å². The third kappa shape index (κ3) is 3.53. The van der Waals surface area contributed by atoms with Gasteiger partial charge in [-0.25, -0.2) is 4.98 Å². The van der Waals surface area contributed by atoms with Crippen molar-refractivity contribution >= 4 is 21.7 Å². The van der Waals surface area contributed by atoms with Gasteiger partial charge in [0.2, 0.25) is 0 Å². The number of hydrogen-bond acceptors (Lipinski definition) is 4. The van der Waals surface area contributed by atoms with E-state index in [4.69, 9.17) is 4.74 Å². The van der Waals surface area contributed by atoms with Gasteiger partial charge in [-0.2, -0.15) is 0 Å². The first-order chi connectivity index (χ1) is 10.2. The standard InChI is InChI=1S/C16H18BrN3O/c1-12-8-14(17)9-19-16(12)20-7-4-13(10-20)11-21-15-2-5-18-6-3-15/h2-3,5-6,8-9,13H,4,7,10-11H2,1H3. The van der Waals surface area contributed by atoms with Crippen molar-refractivity contribution in [2.24, 2.45) is 5.92 Å². The molecule has 1 atom stereocenters. The second-order valence-corrected chi connectivity index (χ2v) is 6.30. The van der Waals surface area contributed by atoms with E-state index in [1.165, 1.54) is 5.56 Å². The van der Waals surface area contributed by atoms with Crippen LogP contribution in [0.5, 0.6) is 5.75 Å². The molecule has 3 rings (SSSR count). The molecule has 0 N–H and O–H groups in total. The van der Waals surface area contributed by atoms with E-state index in [1.807, 2.05) is 18.3 Å². The van der Waals surface area contributed by atoms with Gasteiger partial charge < -0.3 is 9.64 Å². The van der Waals surface area contributed by atoms with Gasteiger partial charge >= 0.3 is 0 Å². The van der Waals surface area contributed by atoms with Crippen molar-refractivity contribution in [1.82, 2.24) is 9.97 Å². The number of pyridine rings is 2. The summed E-state index contributed by atoms with van der Waals surface area (Å²) in [4.78, 5) is 10.9. The lowest BCUT2D eigenvalue weighted by Gasteiger charge is -2.19. The Morgan fingerprint density at radius 3 is 2.95 bits per heavy atom. The largest absolute Gasteiger partial charge is 0.493 e. The third-order valence-corrected chi connectivity index (χ3v) is 4.17. The van der Waals surface area contributed by atoms with Gasteiger partial charge in [0.15, 0.2) is 0 Å². The summed E-state index contributed by atoms with van der Waals surface area (Å²) in [6.45, 7) is 4.89. The Labute approximate surface area is 133 Å². The van der Waals surface area contributed by atoms with Crippen LogP contribution in [0.1, 0.15) is 12.0 Å². The van der Waals surface area contributed by atoms with Gasteiger partial charge in [0, 0.05) is 42.1 Å². The molecular weight excluding hydrogens is 330 g/mol. The summed E-state index contributed by atoms with van der Waals surface area (Å²) in [5, 5.41) is 0. The molecule has 1 fully saturated rings. The van der Waals surface area contributed by atoms with Gasteiger partial charge in [-0.05, 0) is 53.0 Å². The molecule has 0 spiro atoms. The molecule has 1 unspecified atom stereocenters. The van der Waals surface area contributed by atoms with Crippen LogP contribution in [0.4, 0.5) is 5.82 Å². The maximum atomic E-state index is 5.83. The SMILES string of the molecule is Cc1cc(Br)cnc1N1CCC(COc2ccncc2)C1. The summed E-state index contributed by atoms with van der Waals surface area (Å²) < 4.78 is 6.86. The van der Waals surface area contributed by atoms with Crippen LogP contribution in [0.15, 0.2) is 41.3 Å². The van der Waals surface area contributed by atoms with E-state index in [0.717, 1.165) is 42.2 Å². The Hall–Kier alpha value is -1.62. The maximum absolute atomic E-state index is 5.83. The lowest BCUT2D eigenvalue weighted by molar-refractivity contribution is 0.261. The van der Waals surface area contributed by atoms with Gasteiger partial charge in [-0.3, -0.25) is 4.98 Å². The van der Waals surface area contributed by atoms with Crippen LogP contribution in [0, 0.1) is 12.8 Å². The number of aromatic nitrogens is 2. The Bertz CT molecular complexity index is 606. The Morgan fingerprint density at radius 2 is 2.19 bits per heavy atom. The quantitative estimate of drug-likeness (QED) is 0.848. The predicted octanol–water partition coefficient (Wildman–Crippen LogP) is 3.45. The number of anilines is 1. The summed E-state index contributed by atoms with van der Waals surface area (Å²) in [5.41, 5.74) is 1.21. The molecule has 0 bridgehead atoms. The predicted molar refractivity (Wildman–Crippen MR) is 86.7 cm³/mol. The van der Waals surface area contributed by atoms with Crippen LogP contribution in [0.2, 0.25) is 0 Å². The van der Waals surface area contributed by atoms with E-state index in [-0.39, 0.29) is 0 Å². The fourth-order valence-corrected chi connectivity index (χ4v) is 3.12. The molecule has 1 saturated heterocycles. The highest BCUT2D eigenvalue weighted by Crippen LogP contribution is 2.27. The molecule has 0 aromatic carbocycles. The maximum Gasteiger partial charge on any atom is 0.131 e. The minimum absolute atomic E-state index is 0.544. The molecule has 1 aliphatic rings. The van der Waals surface area contributed by atoms with E-state index in [0.29, 0.717) is 5.92 Å². The first kappa shape index (κ1) is 14.3. The molecule has 110 valence electrons. The molecule has 1 aliphatic heterocycles. The summed E-state index contributed by atoms with van der Waals surface area (Å²) in [5.74, 6) is 2.52. The topological polar surface area (TPSA) is 38.2 Å². The average Bonchev–Trinajstić information content (AvgIpc) is 2.95. The molecule has 0 saturated carbocycles. The normalized spacial score (nSPS) is 18.0. The Balaban J connectivity index is 1.58. The molecule has 0 radical (unpaired) electrons. The van der Waals surface area contributed by atoms with E-state index in [1.54, 1.807) is 12.4 Å². The number of hydrogen-bond donors (Lipinski definition) is 0. The molecule has 0 amide bonds. The van der Waals surface area contributed by atoms with E-state index >= 15 is 0 Å². The first-order valence-corrected chi connectivity index (χ1v) is 7.91. The summed E-state index contributed by atoms with van der Waals surface area (Å²) in [6.07, 6.45) is 6.52. The molecule has 21 heavy (non-hydrogen) atoms. The van der Waals surface area contributed by atoms with E-state index < -0.39 is 0 Å². The first-order valence-electron chi connectivity index (χ1n) is 7.12. The van der Waals surface area contributed by atoms with Crippen molar-refractivity contribution in [1.29, 1.82) is 0 Å². The van der Waals surface area contributed by atoms with Gasteiger partial charge in [0.1, 0.15) is 11.6 Å². The number of nitrogens with zero attached hydrogens (tertiary/aromatic N) is 3. The number of aryl methyl sites for hydroxylation is 1. The minimum atomic E-state index is 0.544. The van der Waals surface area contributed by atoms with Crippen LogP contribution in [0.3, 0.4) is 0 Å². The van der Waals surface area contributed by atoms with Crippen molar-refractivity contribution in [2.75, 3.05) is 24.6 Å². The molecule has 4 nitrogen and oxygen atoms in total. The zero-order valence-corrected chi connectivity index (χ0v) is 13.6. The van der Waals surface area contributed by atoms with Gasteiger partial charge in [-0.1, -0.05) is 0 Å². The molecule has 3 heterocycles. The van der Waals surface area contributed by atoms with Crippen molar-refractivity contribution in [3.63, 3.8) is 0 Å². The zero-order chi connectivity index (χ0) is 14.7. The third-order valence-electron chi connectivity index (χ3n) is 3.74. The molecule has 0 aliphatic carbocycles. The highest BCUT2D eigenvalue weighted by atomic mass is 79.9. The smallest absolute Gasteiger partial charge is 0.131 e. The number of ether oxygens (including phenoxy) is 1. The van der Waals surface area contributed by atoms with Crippen LogP contribution in [-0.4, -0.2) is 29.7 Å². The number of halogens is 1. The molecule has 2 aromatic rings. The highest BCUT2D eigenvalue weighted by molar-refractivity contribution is 9.10. The van der Waals surface area contributed by atoms with E-state index in [9.17, 15) is 0 Å². The fraction of sp³-hybridized carbons (Fsp3) is 0.375. The second kappa shape index (κ2) is 6.43. The van der Waals surface area contributed by atoms with Crippen molar-refractivity contribution < 1.29 is 4.74 Å². The van der Waals surface area contributed by atoms with Crippen LogP contribution < -0.4 is 9.64 Å². The fourth-order valence-electron chi connectivity index (χ4n) is 2.67. The minimum Gasteiger partial charge on any atom is -0.493 e. The van der Waals surface area contributed by atoms with Crippen LogP contribution in [-0.2, 0) is 0 Å².